The molecule has 6 heteroatoms. The van der Waals surface area contributed by atoms with Gasteiger partial charge in [-0.3, -0.25) is 14.3 Å². The summed E-state index contributed by atoms with van der Waals surface area (Å²) in [6, 6.07) is 8.69. The predicted molar refractivity (Wildman–Crippen MR) is 79.9 cm³/mol. The highest BCUT2D eigenvalue weighted by Gasteiger charge is 2.13. The van der Waals surface area contributed by atoms with Gasteiger partial charge >= 0.3 is 0 Å². The third kappa shape index (κ3) is 2.07. The fraction of sp³-hybridized carbons (Fsp3) is 0.0714. The average molecular weight is 306 g/mol. The minimum atomic E-state index is -0.391. The van der Waals surface area contributed by atoms with Gasteiger partial charge in [-0.2, -0.15) is 0 Å². The van der Waals surface area contributed by atoms with Crippen LogP contribution >= 0.6 is 23.2 Å². The lowest BCUT2D eigenvalue weighted by Gasteiger charge is -2.12. The molecule has 0 amide bonds. The molecule has 0 bridgehead atoms. The molecule has 0 N–H and O–H groups in total. The van der Waals surface area contributed by atoms with Crippen LogP contribution in [-0.4, -0.2) is 14.5 Å². The van der Waals surface area contributed by atoms with Gasteiger partial charge in [-0.25, -0.2) is 4.98 Å². The summed E-state index contributed by atoms with van der Waals surface area (Å²) < 4.78 is 1.48. The zero-order valence-electron chi connectivity index (χ0n) is 10.5. The lowest BCUT2D eigenvalue weighted by atomic mass is 10.2. The van der Waals surface area contributed by atoms with Crippen molar-refractivity contribution in [2.24, 2.45) is 0 Å². The lowest BCUT2D eigenvalue weighted by molar-refractivity contribution is 0.981. The molecule has 0 aliphatic carbocycles. The molecule has 0 fully saturated rings. The highest BCUT2D eigenvalue weighted by atomic mass is 35.5. The van der Waals surface area contributed by atoms with Gasteiger partial charge in [0.15, 0.2) is 5.15 Å². The summed E-state index contributed by atoms with van der Waals surface area (Å²) in [7, 11) is 0. The maximum Gasteiger partial charge on any atom is 0.293 e. The van der Waals surface area contributed by atoms with Crippen LogP contribution < -0.4 is 5.56 Å². The van der Waals surface area contributed by atoms with Gasteiger partial charge in [0.2, 0.25) is 0 Å². The predicted octanol–water partition coefficient (Wildman–Crippen LogP) is 3.40. The summed E-state index contributed by atoms with van der Waals surface area (Å²) in [6.45, 7) is 1.83. The number of halogens is 2. The second kappa shape index (κ2) is 4.89. The molecule has 20 heavy (non-hydrogen) atoms. The maximum atomic E-state index is 12.3. The van der Waals surface area contributed by atoms with Crippen LogP contribution in [0, 0.1) is 6.92 Å². The largest absolute Gasteiger partial charge is 0.293 e. The van der Waals surface area contributed by atoms with Crippen molar-refractivity contribution >= 4 is 34.2 Å². The van der Waals surface area contributed by atoms with Crippen LogP contribution in [0.2, 0.25) is 10.2 Å². The first kappa shape index (κ1) is 13.1. The van der Waals surface area contributed by atoms with E-state index in [9.17, 15) is 4.79 Å². The van der Waals surface area contributed by atoms with Gasteiger partial charge in [0, 0.05) is 11.2 Å². The molecule has 0 aliphatic heterocycles. The first-order chi connectivity index (χ1) is 9.58. The third-order valence-corrected chi connectivity index (χ3v) is 3.48. The highest BCUT2D eigenvalue weighted by Crippen LogP contribution is 2.21. The van der Waals surface area contributed by atoms with Crippen molar-refractivity contribution in [2.75, 3.05) is 0 Å². The zero-order valence-corrected chi connectivity index (χ0v) is 12.0. The van der Waals surface area contributed by atoms with Gasteiger partial charge in [-0.1, -0.05) is 23.2 Å². The van der Waals surface area contributed by atoms with Crippen LogP contribution in [0.1, 0.15) is 5.69 Å². The number of aromatic nitrogens is 3. The van der Waals surface area contributed by atoms with Crippen molar-refractivity contribution in [3.8, 4) is 5.69 Å². The van der Waals surface area contributed by atoms with Crippen LogP contribution in [0.15, 0.2) is 41.3 Å². The third-order valence-electron chi connectivity index (χ3n) is 3.00. The van der Waals surface area contributed by atoms with Crippen molar-refractivity contribution in [1.29, 1.82) is 0 Å². The summed E-state index contributed by atoms with van der Waals surface area (Å²) in [5, 5.41) is 0.444. The monoisotopic (exact) mass is 305 g/mol. The van der Waals surface area contributed by atoms with Crippen molar-refractivity contribution in [2.45, 2.75) is 6.92 Å². The fourth-order valence-electron chi connectivity index (χ4n) is 2.08. The topological polar surface area (TPSA) is 47.8 Å². The summed E-state index contributed by atoms with van der Waals surface area (Å²) in [6.07, 6.45) is 1.67. The quantitative estimate of drug-likeness (QED) is 0.692. The molecule has 3 aromatic rings. The Bertz CT molecular complexity index is 874. The van der Waals surface area contributed by atoms with E-state index in [1.165, 1.54) is 4.57 Å². The SMILES string of the molecule is Cc1ncccc1-n1c(=O)c(Cl)nc2ccc(Cl)cc21. The second-order valence-electron chi connectivity index (χ2n) is 4.28. The van der Waals surface area contributed by atoms with Gasteiger partial charge in [-0.05, 0) is 37.3 Å². The van der Waals surface area contributed by atoms with E-state index in [1.807, 2.05) is 6.92 Å². The number of aryl methyl sites for hydroxylation is 1. The maximum absolute atomic E-state index is 12.3. The number of benzene rings is 1. The molecule has 0 atom stereocenters. The first-order valence-corrected chi connectivity index (χ1v) is 6.63. The van der Waals surface area contributed by atoms with E-state index < -0.39 is 5.56 Å². The Morgan fingerprint density at radius 1 is 1.20 bits per heavy atom. The van der Waals surface area contributed by atoms with E-state index in [1.54, 1.807) is 36.5 Å². The van der Waals surface area contributed by atoms with E-state index in [4.69, 9.17) is 23.2 Å². The van der Waals surface area contributed by atoms with E-state index in [2.05, 4.69) is 9.97 Å². The Kier molecular flexibility index (Phi) is 3.20. The zero-order chi connectivity index (χ0) is 14.3. The lowest BCUT2D eigenvalue weighted by Crippen LogP contribution is -2.21. The summed E-state index contributed by atoms with van der Waals surface area (Å²) in [5.41, 5.74) is 2.19. The summed E-state index contributed by atoms with van der Waals surface area (Å²) in [5.74, 6) is 0. The number of nitrogens with zero attached hydrogens (tertiary/aromatic N) is 3. The Labute approximate surface area is 124 Å². The summed E-state index contributed by atoms with van der Waals surface area (Å²) in [4.78, 5) is 20.6. The molecule has 2 aromatic heterocycles. The molecule has 1 aromatic carbocycles. The van der Waals surface area contributed by atoms with Crippen LogP contribution in [0.4, 0.5) is 0 Å². The van der Waals surface area contributed by atoms with Crippen LogP contribution in [-0.2, 0) is 0 Å². The van der Waals surface area contributed by atoms with E-state index in [0.717, 1.165) is 5.69 Å². The molecular formula is C14H9Cl2N3O. The molecule has 0 saturated carbocycles. The van der Waals surface area contributed by atoms with Crippen LogP contribution in [0.5, 0.6) is 0 Å². The van der Waals surface area contributed by atoms with E-state index >= 15 is 0 Å². The van der Waals surface area contributed by atoms with Crippen molar-refractivity contribution in [3.05, 3.63) is 62.8 Å². The van der Waals surface area contributed by atoms with Gasteiger partial charge in [0.05, 0.1) is 22.4 Å². The Hall–Kier alpha value is -1.91. The first-order valence-electron chi connectivity index (χ1n) is 5.88. The minimum Gasteiger partial charge on any atom is -0.271 e. The number of hydrogen-bond donors (Lipinski definition) is 0. The smallest absolute Gasteiger partial charge is 0.271 e. The van der Waals surface area contributed by atoms with Crippen LogP contribution in [0.25, 0.3) is 16.7 Å². The fourth-order valence-corrected chi connectivity index (χ4v) is 2.42. The number of pyridine rings is 1. The number of fused-ring (bicyclic) bond motifs is 1. The molecule has 0 aliphatic rings. The van der Waals surface area contributed by atoms with Crippen molar-refractivity contribution in [1.82, 2.24) is 14.5 Å². The second-order valence-corrected chi connectivity index (χ2v) is 5.08. The van der Waals surface area contributed by atoms with Gasteiger partial charge < -0.3 is 0 Å². The molecule has 2 heterocycles. The molecule has 0 spiro atoms. The molecule has 100 valence electrons. The van der Waals surface area contributed by atoms with Crippen LogP contribution in [0.3, 0.4) is 0 Å². The van der Waals surface area contributed by atoms with Gasteiger partial charge in [-0.15, -0.1) is 0 Å². The standard InChI is InChI=1S/C14H9Cl2N3O/c1-8-11(3-2-6-17-8)19-12-7-9(15)4-5-10(12)18-13(16)14(19)20/h2-7H,1H3. The van der Waals surface area contributed by atoms with Gasteiger partial charge in [0.25, 0.3) is 5.56 Å². The normalized spacial score (nSPS) is 10.9. The molecule has 0 unspecified atom stereocenters. The molecule has 0 radical (unpaired) electrons. The summed E-state index contributed by atoms with van der Waals surface area (Å²) >= 11 is 12.0. The minimum absolute atomic E-state index is 0.0805. The average Bonchev–Trinajstić information content (AvgIpc) is 2.42. The van der Waals surface area contributed by atoms with E-state index in [-0.39, 0.29) is 5.15 Å². The molecule has 4 nitrogen and oxygen atoms in total. The Morgan fingerprint density at radius 2 is 2.00 bits per heavy atom. The Balaban J connectivity index is 2.51. The number of hydrogen-bond acceptors (Lipinski definition) is 3. The number of rotatable bonds is 1. The molecular weight excluding hydrogens is 297 g/mol. The molecule has 3 rings (SSSR count). The van der Waals surface area contributed by atoms with E-state index in [0.29, 0.717) is 21.7 Å². The molecule has 0 saturated heterocycles. The highest BCUT2D eigenvalue weighted by molar-refractivity contribution is 6.31. The van der Waals surface area contributed by atoms with Crippen molar-refractivity contribution < 1.29 is 0 Å². The van der Waals surface area contributed by atoms with Crippen molar-refractivity contribution in [3.63, 3.8) is 0 Å². The Morgan fingerprint density at radius 3 is 2.75 bits per heavy atom. The van der Waals surface area contributed by atoms with Gasteiger partial charge in [0.1, 0.15) is 0 Å².